The third kappa shape index (κ3) is 2.06. The van der Waals surface area contributed by atoms with E-state index in [0.29, 0.717) is 11.3 Å². The molecule has 0 amide bonds. The van der Waals surface area contributed by atoms with Gasteiger partial charge in [0.05, 0.1) is 12.2 Å². The smallest absolute Gasteiger partial charge is 0.179 e. The van der Waals surface area contributed by atoms with Gasteiger partial charge in [0.25, 0.3) is 0 Å². The Bertz CT molecular complexity index is 827. The topological polar surface area (TPSA) is 38.5 Å². The summed E-state index contributed by atoms with van der Waals surface area (Å²) in [5.41, 5.74) is 3.71. The van der Waals surface area contributed by atoms with E-state index in [9.17, 15) is 4.39 Å². The number of benzene rings is 1. The van der Waals surface area contributed by atoms with Crippen LogP contribution in [0.3, 0.4) is 0 Å². The molecular formula is C14H15FN4S. The summed E-state index contributed by atoms with van der Waals surface area (Å²) in [6, 6.07) is 6.57. The van der Waals surface area contributed by atoms with Gasteiger partial charge in [0.15, 0.2) is 10.4 Å². The molecule has 2 heterocycles. The molecular weight excluding hydrogens is 275 g/mol. The largest absolute Gasteiger partial charge is 0.328 e. The summed E-state index contributed by atoms with van der Waals surface area (Å²) < 4.78 is 17.8. The van der Waals surface area contributed by atoms with E-state index < -0.39 is 0 Å². The molecule has 0 spiro atoms. The first-order valence-corrected chi connectivity index (χ1v) is 6.91. The Hall–Kier alpha value is -1.95. The van der Waals surface area contributed by atoms with Crippen LogP contribution in [0.25, 0.3) is 11.2 Å². The lowest BCUT2D eigenvalue weighted by molar-refractivity contribution is 0.620. The van der Waals surface area contributed by atoms with Gasteiger partial charge >= 0.3 is 0 Å². The van der Waals surface area contributed by atoms with Gasteiger partial charge < -0.3 is 4.98 Å². The monoisotopic (exact) mass is 290 g/mol. The van der Waals surface area contributed by atoms with Gasteiger partial charge in [-0.15, -0.1) is 0 Å². The van der Waals surface area contributed by atoms with Gasteiger partial charge in [-0.2, -0.15) is 5.10 Å². The minimum absolute atomic E-state index is 0.235. The average molecular weight is 290 g/mol. The molecule has 6 heteroatoms. The summed E-state index contributed by atoms with van der Waals surface area (Å²) in [4.78, 5) is 3.19. The van der Waals surface area contributed by atoms with Crippen molar-refractivity contribution < 1.29 is 4.39 Å². The summed E-state index contributed by atoms with van der Waals surface area (Å²) in [5, 5.41) is 4.47. The summed E-state index contributed by atoms with van der Waals surface area (Å²) in [5.74, 6) is -0.235. The molecule has 0 saturated carbocycles. The Morgan fingerprint density at radius 1 is 1.40 bits per heavy atom. The zero-order chi connectivity index (χ0) is 14.3. The van der Waals surface area contributed by atoms with E-state index in [1.54, 1.807) is 6.07 Å². The molecule has 20 heavy (non-hydrogen) atoms. The maximum Gasteiger partial charge on any atom is 0.179 e. The fraction of sp³-hybridized carbons (Fsp3) is 0.286. The van der Waals surface area contributed by atoms with Crippen molar-refractivity contribution in [2.75, 3.05) is 0 Å². The van der Waals surface area contributed by atoms with Gasteiger partial charge in [-0.25, -0.2) is 9.07 Å². The Morgan fingerprint density at radius 2 is 2.20 bits per heavy atom. The first kappa shape index (κ1) is 13.1. The third-order valence-corrected chi connectivity index (χ3v) is 3.69. The zero-order valence-corrected chi connectivity index (χ0v) is 12.2. The number of rotatable bonds is 3. The van der Waals surface area contributed by atoms with Gasteiger partial charge in [-0.3, -0.25) is 4.57 Å². The quantitative estimate of drug-likeness (QED) is 0.751. The second kappa shape index (κ2) is 4.86. The van der Waals surface area contributed by atoms with Crippen molar-refractivity contribution in [1.29, 1.82) is 0 Å². The number of aromatic amines is 1. The minimum atomic E-state index is -0.235. The van der Waals surface area contributed by atoms with E-state index in [1.807, 2.05) is 29.2 Å². The maximum absolute atomic E-state index is 13.3. The van der Waals surface area contributed by atoms with Crippen LogP contribution in [0.15, 0.2) is 24.3 Å². The van der Waals surface area contributed by atoms with Crippen molar-refractivity contribution in [3.8, 4) is 0 Å². The predicted octanol–water partition coefficient (Wildman–Crippen LogP) is 3.41. The van der Waals surface area contributed by atoms with Crippen LogP contribution in [0.1, 0.15) is 18.2 Å². The van der Waals surface area contributed by atoms with Crippen LogP contribution in [-0.2, 0) is 13.1 Å². The minimum Gasteiger partial charge on any atom is -0.328 e. The molecule has 0 fully saturated rings. The van der Waals surface area contributed by atoms with E-state index in [1.165, 1.54) is 12.1 Å². The molecule has 0 aliphatic carbocycles. The van der Waals surface area contributed by atoms with Crippen LogP contribution in [0, 0.1) is 17.5 Å². The highest BCUT2D eigenvalue weighted by Crippen LogP contribution is 2.19. The van der Waals surface area contributed by atoms with Crippen LogP contribution in [0.5, 0.6) is 0 Å². The highest BCUT2D eigenvalue weighted by molar-refractivity contribution is 7.71. The third-order valence-electron chi connectivity index (χ3n) is 3.36. The number of nitrogens with one attached hydrogen (secondary N) is 1. The number of hydrogen-bond acceptors (Lipinski definition) is 2. The van der Waals surface area contributed by atoms with Gasteiger partial charge in [0.2, 0.25) is 0 Å². The standard InChI is InChI=1S/C14H15FN4S/c1-3-19-13-12(9(2)17-19)16-14(20)18(13)8-10-5-4-6-11(15)7-10/h4-7H,3,8H2,1-2H3,(H,16,20). The van der Waals surface area contributed by atoms with E-state index >= 15 is 0 Å². The lowest BCUT2D eigenvalue weighted by Crippen LogP contribution is -2.06. The molecule has 1 aromatic carbocycles. The number of halogens is 1. The number of H-pyrrole nitrogens is 1. The Morgan fingerprint density at radius 3 is 2.90 bits per heavy atom. The highest BCUT2D eigenvalue weighted by atomic mass is 32.1. The summed E-state index contributed by atoms with van der Waals surface area (Å²) in [6.45, 7) is 5.28. The molecule has 0 aliphatic rings. The Labute approximate surface area is 120 Å². The SMILES string of the molecule is CCn1nc(C)c2[nH]c(=S)n(Cc3cccc(F)c3)c21. The Kier molecular flexibility index (Phi) is 3.17. The number of imidazole rings is 1. The van der Waals surface area contributed by atoms with Crippen molar-refractivity contribution in [3.05, 3.63) is 46.1 Å². The fourth-order valence-electron chi connectivity index (χ4n) is 2.45. The molecule has 0 saturated heterocycles. The lowest BCUT2D eigenvalue weighted by Gasteiger charge is -2.06. The molecule has 0 bridgehead atoms. The van der Waals surface area contributed by atoms with Crippen molar-refractivity contribution in [3.63, 3.8) is 0 Å². The molecule has 0 radical (unpaired) electrons. The van der Waals surface area contributed by atoms with Gasteiger partial charge in [0.1, 0.15) is 11.3 Å². The first-order chi connectivity index (χ1) is 9.60. The van der Waals surface area contributed by atoms with Crippen molar-refractivity contribution in [2.45, 2.75) is 26.9 Å². The van der Waals surface area contributed by atoms with Crippen LogP contribution < -0.4 is 0 Å². The molecule has 4 nitrogen and oxygen atoms in total. The van der Waals surface area contributed by atoms with E-state index in [2.05, 4.69) is 10.1 Å². The van der Waals surface area contributed by atoms with Gasteiger partial charge in [0, 0.05) is 6.54 Å². The number of hydrogen-bond donors (Lipinski definition) is 1. The maximum atomic E-state index is 13.3. The average Bonchev–Trinajstić information content (AvgIpc) is 2.89. The van der Waals surface area contributed by atoms with Crippen molar-refractivity contribution in [2.24, 2.45) is 0 Å². The number of aryl methyl sites for hydroxylation is 2. The van der Waals surface area contributed by atoms with Crippen LogP contribution in [0.4, 0.5) is 4.39 Å². The molecule has 1 N–H and O–H groups in total. The van der Waals surface area contributed by atoms with E-state index in [0.717, 1.165) is 29.0 Å². The van der Waals surface area contributed by atoms with Crippen molar-refractivity contribution in [1.82, 2.24) is 19.3 Å². The van der Waals surface area contributed by atoms with E-state index in [-0.39, 0.29) is 5.82 Å². The molecule has 0 unspecified atom stereocenters. The fourth-order valence-corrected chi connectivity index (χ4v) is 2.70. The van der Waals surface area contributed by atoms with Crippen LogP contribution in [0.2, 0.25) is 0 Å². The van der Waals surface area contributed by atoms with Crippen LogP contribution >= 0.6 is 12.2 Å². The second-order valence-electron chi connectivity index (χ2n) is 4.75. The molecule has 3 aromatic rings. The zero-order valence-electron chi connectivity index (χ0n) is 11.4. The molecule has 2 aromatic heterocycles. The first-order valence-electron chi connectivity index (χ1n) is 6.50. The molecule has 3 rings (SSSR count). The number of aromatic nitrogens is 4. The number of nitrogens with zero attached hydrogens (tertiary/aromatic N) is 3. The second-order valence-corrected chi connectivity index (χ2v) is 5.13. The highest BCUT2D eigenvalue weighted by Gasteiger charge is 2.14. The van der Waals surface area contributed by atoms with Gasteiger partial charge in [-0.05, 0) is 43.8 Å². The van der Waals surface area contributed by atoms with Crippen molar-refractivity contribution >= 4 is 23.4 Å². The molecule has 0 atom stereocenters. The summed E-state index contributed by atoms with van der Waals surface area (Å²) >= 11 is 5.38. The molecule has 0 aliphatic heterocycles. The van der Waals surface area contributed by atoms with Crippen LogP contribution in [-0.4, -0.2) is 19.3 Å². The summed E-state index contributed by atoms with van der Waals surface area (Å²) in [7, 11) is 0. The normalized spacial score (nSPS) is 11.3. The Balaban J connectivity index is 2.16. The predicted molar refractivity (Wildman–Crippen MR) is 78.8 cm³/mol. The van der Waals surface area contributed by atoms with Gasteiger partial charge in [-0.1, -0.05) is 12.1 Å². The summed E-state index contributed by atoms with van der Waals surface area (Å²) in [6.07, 6.45) is 0. The lowest BCUT2D eigenvalue weighted by atomic mass is 10.2. The molecule has 104 valence electrons. The number of fused-ring (bicyclic) bond motifs is 1. The van der Waals surface area contributed by atoms with E-state index in [4.69, 9.17) is 12.2 Å².